The lowest BCUT2D eigenvalue weighted by molar-refractivity contribution is 0.405. The second-order valence-corrected chi connectivity index (χ2v) is 5.48. The van der Waals surface area contributed by atoms with Crippen LogP contribution in [0.15, 0.2) is 30.3 Å². The molecule has 96 valence electrons. The van der Waals surface area contributed by atoms with Crippen molar-refractivity contribution in [1.29, 1.82) is 0 Å². The van der Waals surface area contributed by atoms with E-state index in [1.165, 1.54) is 0 Å². The first-order chi connectivity index (χ1) is 8.45. The van der Waals surface area contributed by atoms with Gasteiger partial charge in [-0.05, 0) is 12.5 Å². The fourth-order valence-electron chi connectivity index (χ4n) is 2.07. The highest BCUT2D eigenvalue weighted by Crippen LogP contribution is 2.38. The third-order valence-corrected chi connectivity index (χ3v) is 3.00. The van der Waals surface area contributed by atoms with Crippen molar-refractivity contribution in [3.05, 3.63) is 36.0 Å². The Morgan fingerprint density at radius 3 is 2.28 bits per heavy atom. The van der Waals surface area contributed by atoms with Gasteiger partial charge in [0.1, 0.15) is 0 Å². The molecule has 0 saturated carbocycles. The zero-order valence-electron chi connectivity index (χ0n) is 11.4. The quantitative estimate of drug-likeness (QED) is 0.877. The summed E-state index contributed by atoms with van der Waals surface area (Å²) in [6.45, 7) is 8.99. The Hall–Kier alpha value is -1.77. The number of aromatic hydroxyl groups is 1. The normalized spacial score (nSPS) is 11.8. The topological polar surface area (TPSA) is 38.0 Å². The highest BCUT2D eigenvalue weighted by Gasteiger charge is 2.27. The molecule has 0 amide bonds. The second-order valence-electron chi connectivity index (χ2n) is 5.48. The molecular formula is C15H20N2O. The van der Waals surface area contributed by atoms with Crippen LogP contribution in [-0.4, -0.2) is 14.9 Å². The molecule has 0 unspecified atom stereocenters. The van der Waals surface area contributed by atoms with E-state index < -0.39 is 0 Å². The van der Waals surface area contributed by atoms with Crippen molar-refractivity contribution in [3.63, 3.8) is 0 Å². The van der Waals surface area contributed by atoms with Gasteiger partial charge in [-0.1, -0.05) is 51.1 Å². The molecule has 1 N–H and O–H groups in total. The van der Waals surface area contributed by atoms with Gasteiger partial charge in [-0.25, -0.2) is 4.68 Å². The van der Waals surface area contributed by atoms with E-state index >= 15 is 0 Å². The Balaban J connectivity index is 2.69. The van der Waals surface area contributed by atoms with E-state index in [0.29, 0.717) is 6.54 Å². The molecule has 2 aromatic rings. The van der Waals surface area contributed by atoms with Crippen molar-refractivity contribution in [1.82, 2.24) is 9.78 Å². The van der Waals surface area contributed by atoms with Crippen LogP contribution >= 0.6 is 0 Å². The van der Waals surface area contributed by atoms with E-state index in [0.717, 1.165) is 16.8 Å². The summed E-state index contributed by atoms with van der Waals surface area (Å²) in [6.07, 6.45) is 0. The smallest absolute Gasteiger partial charge is 0.217 e. The van der Waals surface area contributed by atoms with E-state index in [1.807, 2.05) is 37.3 Å². The monoisotopic (exact) mass is 244 g/mol. The zero-order chi connectivity index (χ0) is 13.3. The maximum atomic E-state index is 10.3. The molecule has 0 saturated heterocycles. The highest BCUT2D eigenvalue weighted by molar-refractivity contribution is 5.72. The molecule has 0 bridgehead atoms. The number of rotatable bonds is 2. The number of hydrogen-bond donors (Lipinski definition) is 1. The van der Waals surface area contributed by atoms with Crippen LogP contribution in [0.5, 0.6) is 5.88 Å². The van der Waals surface area contributed by atoms with Gasteiger partial charge in [-0.15, -0.1) is 0 Å². The van der Waals surface area contributed by atoms with Crippen molar-refractivity contribution in [2.24, 2.45) is 0 Å². The van der Waals surface area contributed by atoms with E-state index in [1.54, 1.807) is 4.68 Å². The third kappa shape index (κ3) is 2.13. The van der Waals surface area contributed by atoms with Gasteiger partial charge in [0.05, 0.1) is 11.3 Å². The first-order valence-electron chi connectivity index (χ1n) is 6.30. The molecule has 0 atom stereocenters. The fourth-order valence-corrected chi connectivity index (χ4v) is 2.07. The summed E-state index contributed by atoms with van der Waals surface area (Å²) >= 11 is 0. The maximum absolute atomic E-state index is 10.3. The molecule has 0 aliphatic rings. The molecule has 3 heteroatoms. The molecule has 0 radical (unpaired) electrons. The van der Waals surface area contributed by atoms with Crippen LogP contribution in [0.3, 0.4) is 0 Å². The van der Waals surface area contributed by atoms with Gasteiger partial charge < -0.3 is 5.11 Å². The summed E-state index contributed by atoms with van der Waals surface area (Å²) in [5.41, 5.74) is 2.71. The number of aryl methyl sites for hydroxylation is 1. The van der Waals surface area contributed by atoms with E-state index in [-0.39, 0.29) is 11.3 Å². The fraction of sp³-hybridized carbons (Fsp3) is 0.400. The maximum Gasteiger partial charge on any atom is 0.217 e. The van der Waals surface area contributed by atoms with Crippen LogP contribution in [0.25, 0.3) is 11.1 Å². The Morgan fingerprint density at radius 1 is 1.17 bits per heavy atom. The Bertz CT molecular complexity index is 536. The van der Waals surface area contributed by atoms with Gasteiger partial charge in [0, 0.05) is 12.0 Å². The number of nitrogens with zero attached hydrogens (tertiary/aromatic N) is 2. The van der Waals surface area contributed by atoms with Gasteiger partial charge in [0.25, 0.3) is 0 Å². The summed E-state index contributed by atoms with van der Waals surface area (Å²) in [7, 11) is 0. The SMILES string of the molecule is CCn1nc(C(C)(C)C)c(-c2ccccc2)c1O. The molecule has 0 spiro atoms. The van der Waals surface area contributed by atoms with Crippen molar-refractivity contribution < 1.29 is 5.11 Å². The molecule has 1 heterocycles. The molecule has 0 aliphatic heterocycles. The standard InChI is InChI=1S/C15H20N2O/c1-5-17-14(18)12(11-9-7-6-8-10-11)13(16-17)15(2,3)4/h6-10,18H,5H2,1-4H3. The average molecular weight is 244 g/mol. The van der Waals surface area contributed by atoms with E-state index in [9.17, 15) is 5.11 Å². The second kappa shape index (κ2) is 4.48. The third-order valence-electron chi connectivity index (χ3n) is 3.00. The molecule has 18 heavy (non-hydrogen) atoms. The minimum Gasteiger partial charge on any atom is -0.493 e. The zero-order valence-corrected chi connectivity index (χ0v) is 11.4. The summed E-state index contributed by atoms with van der Waals surface area (Å²) in [4.78, 5) is 0. The van der Waals surface area contributed by atoms with Crippen LogP contribution in [0.1, 0.15) is 33.4 Å². The summed E-state index contributed by atoms with van der Waals surface area (Å²) < 4.78 is 1.66. The molecule has 0 fully saturated rings. The molecule has 0 aliphatic carbocycles. The Kier molecular flexibility index (Phi) is 3.16. The van der Waals surface area contributed by atoms with Crippen LogP contribution in [0, 0.1) is 0 Å². The lowest BCUT2D eigenvalue weighted by Gasteiger charge is -2.17. The summed E-state index contributed by atoms with van der Waals surface area (Å²) in [5.74, 6) is 0.258. The molecule has 1 aromatic carbocycles. The minimum absolute atomic E-state index is 0.0942. The Labute approximate surface area is 108 Å². The van der Waals surface area contributed by atoms with Crippen LogP contribution in [0.2, 0.25) is 0 Å². The van der Waals surface area contributed by atoms with Crippen LogP contribution in [-0.2, 0) is 12.0 Å². The van der Waals surface area contributed by atoms with Gasteiger partial charge in [0.15, 0.2) is 0 Å². The lowest BCUT2D eigenvalue weighted by Crippen LogP contribution is -2.14. The number of aromatic nitrogens is 2. The van der Waals surface area contributed by atoms with Crippen molar-refractivity contribution in [2.45, 2.75) is 39.7 Å². The largest absolute Gasteiger partial charge is 0.493 e. The predicted molar refractivity (Wildman–Crippen MR) is 73.7 cm³/mol. The van der Waals surface area contributed by atoms with Crippen LogP contribution in [0.4, 0.5) is 0 Å². The Morgan fingerprint density at radius 2 is 1.78 bits per heavy atom. The van der Waals surface area contributed by atoms with Gasteiger partial charge in [-0.2, -0.15) is 5.10 Å². The predicted octanol–water partition coefficient (Wildman–Crippen LogP) is 3.57. The van der Waals surface area contributed by atoms with Gasteiger partial charge in [-0.3, -0.25) is 0 Å². The molecule has 2 rings (SSSR count). The lowest BCUT2D eigenvalue weighted by atomic mass is 9.87. The molecule has 3 nitrogen and oxygen atoms in total. The number of benzene rings is 1. The highest BCUT2D eigenvalue weighted by atomic mass is 16.3. The first kappa shape index (κ1) is 12.7. The van der Waals surface area contributed by atoms with E-state index in [2.05, 4.69) is 25.9 Å². The minimum atomic E-state index is -0.0942. The van der Waals surface area contributed by atoms with Crippen molar-refractivity contribution in [3.8, 4) is 17.0 Å². The van der Waals surface area contributed by atoms with Crippen molar-refractivity contribution in [2.75, 3.05) is 0 Å². The first-order valence-corrected chi connectivity index (χ1v) is 6.30. The molecule has 1 aromatic heterocycles. The molecular weight excluding hydrogens is 224 g/mol. The van der Waals surface area contributed by atoms with E-state index in [4.69, 9.17) is 0 Å². The summed E-state index contributed by atoms with van der Waals surface area (Å²) in [5, 5.41) is 14.9. The number of hydrogen-bond acceptors (Lipinski definition) is 2. The van der Waals surface area contributed by atoms with Crippen LogP contribution < -0.4 is 0 Å². The van der Waals surface area contributed by atoms with Gasteiger partial charge >= 0.3 is 0 Å². The average Bonchev–Trinajstić information content (AvgIpc) is 2.67. The van der Waals surface area contributed by atoms with Crippen molar-refractivity contribution >= 4 is 0 Å². The summed E-state index contributed by atoms with van der Waals surface area (Å²) in [6, 6.07) is 9.94. The van der Waals surface area contributed by atoms with Gasteiger partial charge in [0.2, 0.25) is 5.88 Å².